The maximum Gasteiger partial charge on any atom is 0.183 e. The van der Waals surface area contributed by atoms with Crippen molar-refractivity contribution in [2.24, 2.45) is 32.4 Å². The Morgan fingerprint density at radius 3 is 1.89 bits per heavy atom. The van der Waals surface area contributed by atoms with E-state index >= 15 is 0 Å². The number of hydrogen-bond acceptors (Lipinski definition) is 19. The second-order valence-electron chi connectivity index (χ2n) is 20.0. The van der Waals surface area contributed by atoms with Crippen molar-refractivity contribution in [3.8, 4) is 0 Å². The van der Waals surface area contributed by atoms with Gasteiger partial charge in [0.15, 0.2) is 28.6 Å². The standard InChI is InChI=1S/C25H31N7O2.C24H31N9O2.ClH/c1-15(33)17-5-6-20-18(29-17)4-3-9-32(20)24-22-19(12-28-24)30-21(13-27-22)31-10-7-25(8-11-31)14-34-16(2)23(25)26;1-14(31-34)16-5-6-18-17(27-16)4-3-9-33(18)23-20-22(29-30-23)28-19(12-26-20)32-10-7-24(8-11-32)13-35-15(2)21(24)25;/h5-6,13,16,23H,3-4,7-12,14,26H2,1-2H3;5-6,12,15,21,34H,3-4,7-11,13,25H2,1-2H3,(H,28,29,30);1H/b;31-14-;/t16-,23+;15-,21+;/m00./s1. The van der Waals surface area contributed by atoms with Crippen LogP contribution in [0.3, 0.4) is 0 Å². The number of amidine groups is 1. The number of nitrogens with two attached hydrogens (primary N) is 2. The number of rotatable bonds is 5. The first kappa shape index (κ1) is 47.7. The summed E-state index contributed by atoms with van der Waals surface area (Å²) in [5.74, 6) is 3.36. The molecule has 4 saturated heterocycles. The minimum Gasteiger partial charge on any atom is -0.411 e. The van der Waals surface area contributed by atoms with Gasteiger partial charge in [0.05, 0.1) is 78.5 Å². The molecular weight excluding hydrogens is 912 g/mol. The minimum absolute atomic E-state index is 0. The number of aromatic amines is 1. The number of aliphatic imine (C=N–C) groups is 1. The molecule has 0 amide bonds. The number of carbonyl (C=O) groups is 1. The summed E-state index contributed by atoms with van der Waals surface area (Å²) in [6.45, 7) is 14.7. The summed E-state index contributed by atoms with van der Waals surface area (Å²) in [5, 5.41) is 20.1. The number of hydrogen-bond donors (Lipinski definition) is 4. The number of fused-ring (bicyclic) bond motifs is 4. The second-order valence-corrected chi connectivity index (χ2v) is 20.0. The van der Waals surface area contributed by atoms with Gasteiger partial charge in [0.2, 0.25) is 0 Å². The zero-order valence-electron chi connectivity index (χ0n) is 40.3. The summed E-state index contributed by atoms with van der Waals surface area (Å²) in [4.78, 5) is 54.2. The number of oxime groups is 1. The predicted molar refractivity (Wildman–Crippen MR) is 269 cm³/mol. The smallest absolute Gasteiger partial charge is 0.183 e. The van der Waals surface area contributed by atoms with Crippen molar-refractivity contribution in [2.75, 3.05) is 72.1 Å². The van der Waals surface area contributed by atoms with Crippen molar-refractivity contribution < 1.29 is 19.5 Å². The first-order valence-corrected chi connectivity index (χ1v) is 24.6. The Balaban J connectivity index is 0.000000160. The zero-order valence-corrected chi connectivity index (χ0v) is 41.2. The monoisotopic (exact) mass is 974 g/mol. The number of aromatic nitrogens is 8. The van der Waals surface area contributed by atoms with Crippen LogP contribution in [-0.2, 0) is 28.9 Å². The lowest BCUT2D eigenvalue weighted by atomic mass is 9.73. The molecule has 370 valence electrons. The molecule has 5 aromatic heterocycles. The van der Waals surface area contributed by atoms with Crippen molar-refractivity contribution >= 4 is 69.7 Å². The molecule has 2 spiro atoms. The average Bonchev–Trinajstić information content (AvgIpc) is 4.15. The van der Waals surface area contributed by atoms with Crippen molar-refractivity contribution in [1.29, 1.82) is 0 Å². The molecule has 0 aliphatic carbocycles. The minimum atomic E-state index is -0.0116. The number of ketones is 1. The maximum absolute atomic E-state index is 11.8. The summed E-state index contributed by atoms with van der Waals surface area (Å²) in [7, 11) is 0. The van der Waals surface area contributed by atoms with Crippen LogP contribution >= 0.6 is 12.4 Å². The Morgan fingerprint density at radius 2 is 1.30 bits per heavy atom. The fourth-order valence-electron chi connectivity index (χ4n) is 11.5. The largest absolute Gasteiger partial charge is 0.411 e. The number of carbonyl (C=O) groups excluding carboxylic acids is 1. The van der Waals surface area contributed by atoms with Gasteiger partial charge in [0, 0.05) is 69.1 Å². The first-order valence-electron chi connectivity index (χ1n) is 24.6. The lowest BCUT2D eigenvalue weighted by Gasteiger charge is -2.41. The van der Waals surface area contributed by atoms with E-state index in [4.69, 9.17) is 56.1 Å². The van der Waals surface area contributed by atoms with Gasteiger partial charge in [-0.05, 0) is 96.4 Å². The highest BCUT2D eigenvalue weighted by Gasteiger charge is 2.49. The molecule has 0 saturated carbocycles. The number of ether oxygens (including phenoxy) is 2. The highest BCUT2D eigenvalue weighted by atomic mass is 35.5. The van der Waals surface area contributed by atoms with Crippen LogP contribution in [0.1, 0.15) is 105 Å². The summed E-state index contributed by atoms with van der Waals surface area (Å²) in [6, 6.07) is 7.86. The van der Waals surface area contributed by atoms with Gasteiger partial charge >= 0.3 is 0 Å². The van der Waals surface area contributed by atoms with Gasteiger partial charge < -0.3 is 45.7 Å². The summed E-state index contributed by atoms with van der Waals surface area (Å²) in [6.07, 6.45) is 11.6. The van der Waals surface area contributed by atoms with E-state index in [2.05, 4.69) is 53.8 Å². The second kappa shape index (κ2) is 19.0. The molecule has 0 radical (unpaired) electrons. The van der Waals surface area contributed by atoms with E-state index in [0.717, 1.165) is 167 Å². The number of nitrogens with one attached hydrogen (secondary N) is 1. The molecule has 0 aromatic carbocycles. The first-order chi connectivity index (χ1) is 33.4. The molecule has 5 aromatic rings. The lowest BCUT2D eigenvalue weighted by Crippen LogP contribution is -2.50. The molecule has 7 aliphatic rings. The molecule has 70 heavy (non-hydrogen) atoms. The van der Waals surface area contributed by atoms with E-state index in [1.165, 1.54) is 0 Å². The molecule has 20 nitrogen and oxygen atoms in total. The molecule has 6 N–H and O–H groups in total. The van der Waals surface area contributed by atoms with Crippen molar-refractivity contribution in [3.05, 3.63) is 70.8 Å². The lowest BCUT2D eigenvalue weighted by molar-refractivity contribution is 0.0973. The number of Topliss-reactive ketones (excluding diaryl/α,β-unsaturated/α-hetero) is 1. The third kappa shape index (κ3) is 8.39. The number of nitrogens with zero attached hydrogens (tertiary/aromatic N) is 13. The van der Waals surface area contributed by atoms with Gasteiger partial charge in [-0.1, -0.05) is 5.16 Å². The number of piperidine rings is 2. The highest BCUT2D eigenvalue weighted by Crippen LogP contribution is 2.44. The number of pyridine rings is 2. The summed E-state index contributed by atoms with van der Waals surface area (Å²) >= 11 is 0. The Hall–Kier alpha value is -5.93. The van der Waals surface area contributed by atoms with Crippen LogP contribution in [0.25, 0.3) is 11.2 Å². The number of anilines is 5. The number of aryl methyl sites for hydroxylation is 2. The van der Waals surface area contributed by atoms with E-state index in [9.17, 15) is 4.79 Å². The van der Waals surface area contributed by atoms with Crippen LogP contribution in [-0.4, -0.2) is 139 Å². The third-order valence-corrected chi connectivity index (χ3v) is 16.0. The van der Waals surface area contributed by atoms with Crippen LogP contribution in [0.2, 0.25) is 0 Å². The maximum atomic E-state index is 11.8. The molecule has 0 bridgehead atoms. The average molecular weight is 976 g/mol. The Bertz CT molecular complexity index is 2840. The summed E-state index contributed by atoms with van der Waals surface area (Å²) < 4.78 is 11.7. The van der Waals surface area contributed by atoms with E-state index in [1.807, 2.05) is 30.6 Å². The van der Waals surface area contributed by atoms with Gasteiger partial charge in [-0.25, -0.2) is 29.9 Å². The molecular formula is C49H63ClN16O4. The van der Waals surface area contributed by atoms with Crippen molar-refractivity contribution in [3.63, 3.8) is 0 Å². The number of halogens is 1. The quantitative estimate of drug-likeness (QED) is 0.0791. The fourth-order valence-corrected chi connectivity index (χ4v) is 11.5. The SMILES string of the molecule is C/C(=N/O)c1ccc2c(n1)CCCN2c1n[nH]c2nc(N3CCC4(CC3)CO[C@@H](C)[C@H]4N)cnc12.CC(=O)c1ccc2c(n1)CCCN2C1=NCc2nc(N3CCC4(CC3)CO[C@@H](C)[C@H]4N)cnc21.Cl. The Kier molecular flexibility index (Phi) is 13.0. The van der Waals surface area contributed by atoms with E-state index in [-0.39, 0.29) is 53.3 Å². The highest BCUT2D eigenvalue weighted by molar-refractivity contribution is 6.11. The van der Waals surface area contributed by atoms with Gasteiger partial charge in [-0.2, -0.15) is 5.10 Å². The van der Waals surface area contributed by atoms with Gasteiger partial charge in [-0.15, -0.1) is 12.4 Å². The van der Waals surface area contributed by atoms with Gasteiger partial charge in [0.25, 0.3) is 0 Å². The molecule has 0 unspecified atom stereocenters. The topological polar surface area (TPSA) is 252 Å². The Morgan fingerprint density at radius 1 is 0.743 bits per heavy atom. The Labute approximate surface area is 413 Å². The van der Waals surface area contributed by atoms with Crippen LogP contribution < -0.4 is 31.1 Å². The predicted octanol–water partition coefficient (Wildman–Crippen LogP) is 4.90. The molecule has 4 fully saturated rings. The van der Waals surface area contributed by atoms with Crippen molar-refractivity contribution in [1.82, 2.24) is 40.1 Å². The molecule has 12 rings (SSSR count). The molecule has 12 heterocycles. The zero-order chi connectivity index (χ0) is 47.6. The van der Waals surface area contributed by atoms with Crippen molar-refractivity contribution in [2.45, 2.75) is 110 Å². The summed E-state index contributed by atoms with van der Waals surface area (Å²) in [5.41, 5.74) is 21.9. The van der Waals surface area contributed by atoms with E-state index < -0.39 is 0 Å². The van der Waals surface area contributed by atoms with Gasteiger partial charge in [0.1, 0.15) is 28.7 Å². The molecule has 21 heteroatoms. The number of H-pyrrole nitrogens is 1. The van der Waals surface area contributed by atoms with Crippen LogP contribution in [0.15, 0.2) is 46.8 Å². The van der Waals surface area contributed by atoms with E-state index in [1.54, 1.807) is 19.9 Å². The molecule has 7 aliphatic heterocycles. The normalized spacial score (nSPS) is 24.5. The van der Waals surface area contributed by atoms with E-state index in [0.29, 0.717) is 29.3 Å². The van der Waals surface area contributed by atoms with Crippen LogP contribution in [0.5, 0.6) is 0 Å². The fraction of sp³-hybridized carbons (Fsp3) is 0.551. The third-order valence-electron chi connectivity index (χ3n) is 16.0. The van der Waals surface area contributed by atoms with Gasteiger partial charge in [-0.3, -0.25) is 14.9 Å². The van der Waals surface area contributed by atoms with Crippen LogP contribution in [0, 0.1) is 10.8 Å². The molecule has 4 atom stereocenters. The van der Waals surface area contributed by atoms with Crippen LogP contribution in [0.4, 0.5) is 28.8 Å².